The van der Waals surface area contributed by atoms with Crippen LogP contribution in [0.2, 0.25) is 0 Å². The van der Waals surface area contributed by atoms with Gasteiger partial charge in [0, 0.05) is 38.4 Å². The van der Waals surface area contributed by atoms with Crippen molar-refractivity contribution in [2.24, 2.45) is 0 Å². The SMILES string of the molecule is COc1cc(C(=O)N2CCCN(c3ccc(C(F)(F)F)cn3)CC2)c([N+](=O)[O-])cc1OC(F)F. The van der Waals surface area contributed by atoms with Crippen LogP contribution in [0.3, 0.4) is 0 Å². The van der Waals surface area contributed by atoms with Gasteiger partial charge in [-0.1, -0.05) is 0 Å². The first-order valence-electron chi connectivity index (χ1n) is 9.90. The van der Waals surface area contributed by atoms with Gasteiger partial charge in [-0.2, -0.15) is 22.0 Å². The molecule has 0 radical (unpaired) electrons. The molecule has 2 aromatic rings. The van der Waals surface area contributed by atoms with Gasteiger partial charge in [0.15, 0.2) is 11.5 Å². The number of nitro groups is 1. The van der Waals surface area contributed by atoms with Crippen molar-refractivity contribution >= 4 is 17.4 Å². The fourth-order valence-corrected chi connectivity index (χ4v) is 3.48. The van der Waals surface area contributed by atoms with Crippen LogP contribution in [0.4, 0.5) is 33.5 Å². The van der Waals surface area contributed by atoms with Crippen LogP contribution in [0.25, 0.3) is 0 Å². The van der Waals surface area contributed by atoms with Crippen LogP contribution in [0.1, 0.15) is 22.3 Å². The Morgan fingerprint density at radius 1 is 1.15 bits per heavy atom. The highest BCUT2D eigenvalue weighted by atomic mass is 19.4. The van der Waals surface area contributed by atoms with Crippen molar-refractivity contribution in [3.8, 4) is 11.5 Å². The zero-order valence-corrected chi connectivity index (χ0v) is 17.7. The van der Waals surface area contributed by atoms with Crippen molar-refractivity contribution in [2.75, 3.05) is 38.2 Å². The molecule has 9 nitrogen and oxygen atoms in total. The number of amides is 1. The van der Waals surface area contributed by atoms with Crippen LogP contribution in [0.15, 0.2) is 30.5 Å². The molecular formula is C20H19F5N4O5. The molecule has 0 N–H and O–H groups in total. The molecule has 1 saturated heterocycles. The number of carbonyl (C=O) groups is 1. The normalized spacial score (nSPS) is 14.7. The topological polar surface area (TPSA) is 98.0 Å². The van der Waals surface area contributed by atoms with Crippen molar-refractivity contribution in [3.05, 3.63) is 51.7 Å². The Kier molecular flexibility index (Phi) is 7.37. The number of rotatable bonds is 6. The van der Waals surface area contributed by atoms with E-state index in [4.69, 9.17) is 4.74 Å². The van der Waals surface area contributed by atoms with E-state index in [0.717, 1.165) is 25.4 Å². The monoisotopic (exact) mass is 490 g/mol. The molecule has 3 rings (SSSR count). The van der Waals surface area contributed by atoms with Crippen molar-refractivity contribution in [3.63, 3.8) is 0 Å². The van der Waals surface area contributed by atoms with Crippen LogP contribution in [0, 0.1) is 10.1 Å². The van der Waals surface area contributed by atoms with Crippen LogP contribution >= 0.6 is 0 Å². The van der Waals surface area contributed by atoms with Gasteiger partial charge < -0.3 is 19.3 Å². The maximum absolute atomic E-state index is 13.1. The van der Waals surface area contributed by atoms with Gasteiger partial charge >= 0.3 is 12.8 Å². The summed E-state index contributed by atoms with van der Waals surface area (Å²) >= 11 is 0. The second kappa shape index (κ2) is 10.1. The maximum Gasteiger partial charge on any atom is 0.417 e. The van der Waals surface area contributed by atoms with E-state index in [0.29, 0.717) is 24.8 Å². The molecule has 184 valence electrons. The summed E-state index contributed by atoms with van der Waals surface area (Å²) in [4.78, 5) is 30.6. The van der Waals surface area contributed by atoms with Gasteiger partial charge in [-0.25, -0.2) is 4.98 Å². The minimum atomic E-state index is -4.51. The summed E-state index contributed by atoms with van der Waals surface area (Å²) in [7, 11) is 1.13. The highest BCUT2D eigenvalue weighted by molar-refractivity contribution is 5.99. The van der Waals surface area contributed by atoms with E-state index in [-0.39, 0.29) is 30.9 Å². The lowest BCUT2D eigenvalue weighted by Gasteiger charge is -2.23. The Morgan fingerprint density at radius 3 is 2.44 bits per heavy atom. The molecule has 0 saturated carbocycles. The highest BCUT2D eigenvalue weighted by Crippen LogP contribution is 2.36. The molecule has 1 aliphatic heterocycles. The van der Waals surface area contributed by atoms with E-state index in [1.165, 1.54) is 11.0 Å². The molecule has 0 bridgehead atoms. The third-order valence-electron chi connectivity index (χ3n) is 5.11. The number of hydrogen-bond acceptors (Lipinski definition) is 7. The molecule has 0 aliphatic carbocycles. The molecule has 0 spiro atoms. The van der Waals surface area contributed by atoms with Gasteiger partial charge in [0.1, 0.15) is 11.4 Å². The van der Waals surface area contributed by atoms with E-state index < -0.39 is 40.6 Å². The smallest absolute Gasteiger partial charge is 0.417 e. The molecule has 1 aliphatic rings. The lowest BCUT2D eigenvalue weighted by molar-refractivity contribution is -0.385. The Hall–Kier alpha value is -3.71. The largest absolute Gasteiger partial charge is 0.493 e. The Morgan fingerprint density at radius 2 is 1.88 bits per heavy atom. The number of methoxy groups -OCH3 is 1. The van der Waals surface area contributed by atoms with Gasteiger partial charge in [-0.15, -0.1) is 0 Å². The lowest BCUT2D eigenvalue weighted by atomic mass is 10.1. The summed E-state index contributed by atoms with van der Waals surface area (Å²) in [5, 5.41) is 11.5. The summed E-state index contributed by atoms with van der Waals surface area (Å²) in [5.74, 6) is -1.30. The average Bonchev–Trinajstić information content (AvgIpc) is 3.04. The minimum absolute atomic E-state index is 0.0935. The zero-order chi connectivity index (χ0) is 25.0. The van der Waals surface area contributed by atoms with Crippen molar-refractivity contribution in [2.45, 2.75) is 19.2 Å². The molecule has 1 aromatic heterocycles. The molecule has 1 amide bonds. The number of halogens is 5. The van der Waals surface area contributed by atoms with E-state index in [2.05, 4.69) is 9.72 Å². The van der Waals surface area contributed by atoms with Crippen molar-refractivity contribution in [1.29, 1.82) is 0 Å². The first-order valence-corrected chi connectivity index (χ1v) is 9.90. The number of pyridine rings is 1. The third kappa shape index (κ3) is 5.61. The second-order valence-corrected chi connectivity index (χ2v) is 7.19. The van der Waals surface area contributed by atoms with Gasteiger partial charge in [0.2, 0.25) is 0 Å². The number of aromatic nitrogens is 1. The van der Waals surface area contributed by atoms with Gasteiger partial charge in [0.05, 0.1) is 23.7 Å². The Labute approximate surface area is 189 Å². The van der Waals surface area contributed by atoms with E-state index in [1.54, 1.807) is 4.90 Å². The molecule has 0 atom stereocenters. The summed E-state index contributed by atoms with van der Waals surface area (Å²) in [6.45, 7) is -2.37. The summed E-state index contributed by atoms with van der Waals surface area (Å²) in [6.07, 6.45) is -3.38. The van der Waals surface area contributed by atoms with Gasteiger partial charge in [-0.05, 0) is 18.6 Å². The molecular weight excluding hydrogens is 471 g/mol. The predicted molar refractivity (Wildman–Crippen MR) is 108 cm³/mol. The van der Waals surface area contributed by atoms with E-state index in [1.807, 2.05) is 0 Å². The van der Waals surface area contributed by atoms with Crippen molar-refractivity contribution in [1.82, 2.24) is 9.88 Å². The fourth-order valence-electron chi connectivity index (χ4n) is 3.48. The van der Waals surface area contributed by atoms with Crippen LogP contribution in [-0.4, -0.2) is 60.6 Å². The Balaban J connectivity index is 1.81. The number of nitrogens with zero attached hydrogens (tertiary/aromatic N) is 4. The summed E-state index contributed by atoms with van der Waals surface area (Å²) in [5.41, 5.74) is -1.99. The zero-order valence-electron chi connectivity index (χ0n) is 17.7. The maximum atomic E-state index is 13.1. The minimum Gasteiger partial charge on any atom is -0.493 e. The average molecular weight is 490 g/mol. The molecule has 1 fully saturated rings. The number of nitro benzene ring substituents is 1. The number of anilines is 1. The predicted octanol–water partition coefficient (Wildman–Crippen LogP) is 3.97. The first kappa shape index (κ1) is 24.9. The molecule has 1 aromatic carbocycles. The lowest BCUT2D eigenvalue weighted by Crippen LogP contribution is -2.35. The number of carbonyl (C=O) groups excluding carboxylic acids is 1. The molecule has 34 heavy (non-hydrogen) atoms. The fraction of sp³-hybridized carbons (Fsp3) is 0.400. The second-order valence-electron chi connectivity index (χ2n) is 7.19. The molecule has 0 unspecified atom stereocenters. The number of benzene rings is 1. The summed E-state index contributed by atoms with van der Waals surface area (Å²) in [6, 6.07) is 3.82. The Bertz CT molecular complexity index is 1050. The van der Waals surface area contributed by atoms with Crippen LogP contribution in [-0.2, 0) is 6.18 Å². The van der Waals surface area contributed by atoms with Gasteiger partial charge in [0.25, 0.3) is 11.6 Å². The summed E-state index contributed by atoms with van der Waals surface area (Å²) < 4.78 is 72.7. The highest BCUT2D eigenvalue weighted by Gasteiger charge is 2.32. The van der Waals surface area contributed by atoms with Crippen LogP contribution in [0.5, 0.6) is 11.5 Å². The third-order valence-corrected chi connectivity index (χ3v) is 5.11. The van der Waals surface area contributed by atoms with Crippen molar-refractivity contribution < 1.29 is 41.1 Å². The number of hydrogen-bond donors (Lipinski definition) is 0. The number of ether oxygens (including phenoxy) is 2. The van der Waals surface area contributed by atoms with Crippen LogP contribution < -0.4 is 14.4 Å². The first-order chi connectivity index (χ1) is 16.0. The van der Waals surface area contributed by atoms with E-state index in [9.17, 15) is 36.9 Å². The standard InChI is InChI=1S/C20H19F5N4O5/c1-33-15-9-13(14(29(31)32)10-16(15)34-19(21)22)18(30)28-6-2-5-27(7-8-28)17-4-3-12(11-26-17)20(23,24)25/h3-4,9-11,19H,2,5-8H2,1H3. The van der Waals surface area contributed by atoms with Gasteiger partial charge in [-0.3, -0.25) is 14.9 Å². The number of alkyl halides is 5. The van der Waals surface area contributed by atoms with E-state index >= 15 is 0 Å². The molecule has 2 heterocycles. The molecule has 14 heteroatoms. The quantitative estimate of drug-likeness (QED) is 0.343.